The Morgan fingerprint density at radius 3 is 2.30 bits per heavy atom. The number of rotatable bonds is 5. The summed E-state index contributed by atoms with van der Waals surface area (Å²) >= 11 is 0. The lowest BCUT2D eigenvalue weighted by molar-refractivity contribution is -0.120. The summed E-state index contributed by atoms with van der Waals surface area (Å²) in [6, 6.07) is 13.4. The molecule has 0 aliphatic carbocycles. The number of benzene rings is 3. The van der Waals surface area contributed by atoms with Crippen LogP contribution in [0.15, 0.2) is 60.3 Å². The van der Waals surface area contributed by atoms with Gasteiger partial charge < -0.3 is 10.1 Å². The second kappa shape index (κ2) is 8.50. The van der Waals surface area contributed by atoms with Crippen LogP contribution in [0, 0.1) is 32.4 Å². The summed E-state index contributed by atoms with van der Waals surface area (Å²) in [6.45, 7) is 5.70. The van der Waals surface area contributed by atoms with Crippen molar-refractivity contribution < 1.29 is 23.1 Å². The number of ether oxygens (including phenoxy) is 1. The highest BCUT2D eigenvalue weighted by Gasteiger charge is 2.41. The molecule has 0 atom stereocenters. The quantitative estimate of drug-likeness (QED) is 0.539. The molecule has 5 nitrogen and oxygen atoms in total. The van der Waals surface area contributed by atoms with E-state index < -0.39 is 29.1 Å². The molecule has 0 bridgehead atoms. The molecule has 3 aromatic carbocycles. The Hall–Kier alpha value is -4.00. The van der Waals surface area contributed by atoms with Gasteiger partial charge in [-0.25, -0.2) is 13.7 Å². The van der Waals surface area contributed by atoms with E-state index in [4.69, 9.17) is 4.74 Å². The molecule has 33 heavy (non-hydrogen) atoms. The van der Waals surface area contributed by atoms with Gasteiger partial charge in [0, 0.05) is 6.07 Å². The zero-order valence-electron chi connectivity index (χ0n) is 18.6. The fourth-order valence-corrected chi connectivity index (χ4v) is 3.74. The van der Waals surface area contributed by atoms with Crippen LogP contribution in [0.1, 0.15) is 22.3 Å². The number of carbonyl (C=O) groups excluding carboxylic acids is 2. The molecule has 2 amide bonds. The molecule has 0 saturated carbocycles. The number of imide groups is 1. The normalized spacial score (nSPS) is 13.7. The first kappa shape index (κ1) is 22.2. The molecule has 3 aromatic rings. The van der Waals surface area contributed by atoms with Crippen LogP contribution in [0.5, 0.6) is 5.75 Å². The Labute approximate surface area is 190 Å². The maximum absolute atomic E-state index is 14.6. The highest BCUT2D eigenvalue weighted by molar-refractivity contribution is 6.46. The highest BCUT2D eigenvalue weighted by Crippen LogP contribution is 2.37. The van der Waals surface area contributed by atoms with Gasteiger partial charge in [0.2, 0.25) is 0 Å². The molecule has 1 aliphatic heterocycles. The summed E-state index contributed by atoms with van der Waals surface area (Å²) in [5.74, 6) is -2.72. The number of halogens is 2. The van der Waals surface area contributed by atoms with Crippen LogP contribution in [0.4, 0.5) is 20.2 Å². The van der Waals surface area contributed by atoms with Gasteiger partial charge >= 0.3 is 0 Å². The highest BCUT2D eigenvalue weighted by atomic mass is 19.1. The molecule has 0 unspecified atom stereocenters. The molecule has 0 aromatic heterocycles. The lowest BCUT2D eigenvalue weighted by Gasteiger charge is -2.17. The lowest BCUT2D eigenvalue weighted by Crippen LogP contribution is -2.33. The number of hydrogen-bond acceptors (Lipinski definition) is 4. The number of amides is 2. The van der Waals surface area contributed by atoms with Crippen LogP contribution < -0.4 is 15.0 Å². The van der Waals surface area contributed by atoms with E-state index in [0.29, 0.717) is 21.9 Å². The topological polar surface area (TPSA) is 58.6 Å². The maximum atomic E-state index is 14.6. The molecule has 168 valence electrons. The van der Waals surface area contributed by atoms with E-state index in [1.165, 1.54) is 7.11 Å². The first-order valence-electron chi connectivity index (χ1n) is 10.3. The predicted molar refractivity (Wildman–Crippen MR) is 123 cm³/mol. The van der Waals surface area contributed by atoms with Gasteiger partial charge in [-0.15, -0.1) is 0 Å². The van der Waals surface area contributed by atoms with E-state index in [1.54, 1.807) is 24.3 Å². The van der Waals surface area contributed by atoms with Gasteiger partial charge in [-0.1, -0.05) is 24.3 Å². The van der Waals surface area contributed by atoms with Gasteiger partial charge in [-0.05, 0) is 67.3 Å². The number of nitrogens with one attached hydrogen (secondary N) is 1. The van der Waals surface area contributed by atoms with E-state index in [2.05, 4.69) is 5.32 Å². The third-order valence-corrected chi connectivity index (χ3v) is 5.64. The van der Waals surface area contributed by atoms with Crippen molar-refractivity contribution >= 4 is 28.8 Å². The van der Waals surface area contributed by atoms with Crippen molar-refractivity contribution in [3.05, 3.63) is 94.2 Å². The summed E-state index contributed by atoms with van der Waals surface area (Å²) in [6.07, 6.45) is 0. The Morgan fingerprint density at radius 1 is 0.848 bits per heavy atom. The van der Waals surface area contributed by atoms with E-state index in [9.17, 15) is 18.4 Å². The van der Waals surface area contributed by atoms with E-state index in [-0.39, 0.29) is 11.3 Å². The molecule has 1 heterocycles. The number of anilines is 2. The van der Waals surface area contributed by atoms with Crippen molar-refractivity contribution in [3.63, 3.8) is 0 Å². The average molecular weight is 448 g/mol. The Bertz CT molecular complexity index is 1330. The lowest BCUT2D eigenvalue weighted by atomic mass is 9.99. The largest absolute Gasteiger partial charge is 0.495 e. The molecule has 0 fully saturated rings. The molecule has 0 radical (unpaired) electrons. The molecule has 7 heteroatoms. The number of nitrogens with zero attached hydrogens (tertiary/aromatic N) is 1. The molecular weight excluding hydrogens is 426 g/mol. The Morgan fingerprint density at radius 2 is 1.61 bits per heavy atom. The summed E-state index contributed by atoms with van der Waals surface area (Å²) < 4.78 is 33.9. The molecule has 4 rings (SSSR count). The second-order valence-electron chi connectivity index (χ2n) is 7.92. The van der Waals surface area contributed by atoms with Crippen LogP contribution in [-0.2, 0) is 9.59 Å². The van der Waals surface area contributed by atoms with Gasteiger partial charge in [-0.2, -0.15) is 0 Å². The number of hydrogen-bond donors (Lipinski definition) is 1. The first-order valence-corrected chi connectivity index (χ1v) is 10.3. The van der Waals surface area contributed by atoms with Gasteiger partial charge in [0.15, 0.2) is 0 Å². The summed E-state index contributed by atoms with van der Waals surface area (Å²) in [5.41, 5.74) is 3.37. The number of methoxy groups -OCH3 is 1. The first-order chi connectivity index (χ1) is 15.7. The maximum Gasteiger partial charge on any atom is 0.282 e. The Balaban J connectivity index is 1.91. The SMILES string of the molecule is COc1ccc(C)cc1NC1=C(c2ccc(C)c(C)c2)C(=O)N(c2cc(F)ccc2F)C1=O. The van der Waals surface area contributed by atoms with Crippen molar-refractivity contribution in [2.75, 3.05) is 17.3 Å². The van der Waals surface area contributed by atoms with E-state index in [1.807, 2.05) is 32.9 Å². The fraction of sp³-hybridized carbons (Fsp3) is 0.154. The van der Waals surface area contributed by atoms with Crippen molar-refractivity contribution in [1.82, 2.24) is 0 Å². The van der Waals surface area contributed by atoms with Crippen LogP contribution >= 0.6 is 0 Å². The third kappa shape index (κ3) is 3.98. The minimum Gasteiger partial charge on any atom is -0.495 e. The smallest absolute Gasteiger partial charge is 0.282 e. The van der Waals surface area contributed by atoms with Crippen LogP contribution in [0.2, 0.25) is 0 Å². The van der Waals surface area contributed by atoms with E-state index >= 15 is 0 Å². The number of carbonyl (C=O) groups is 2. The second-order valence-corrected chi connectivity index (χ2v) is 7.92. The zero-order valence-corrected chi connectivity index (χ0v) is 18.6. The molecule has 1 aliphatic rings. The average Bonchev–Trinajstić information content (AvgIpc) is 3.01. The third-order valence-electron chi connectivity index (χ3n) is 5.64. The van der Waals surface area contributed by atoms with Crippen molar-refractivity contribution in [2.24, 2.45) is 0 Å². The fourth-order valence-electron chi connectivity index (χ4n) is 3.74. The van der Waals surface area contributed by atoms with E-state index in [0.717, 1.165) is 34.9 Å². The summed E-state index contributed by atoms with van der Waals surface area (Å²) in [4.78, 5) is 27.6. The van der Waals surface area contributed by atoms with Crippen molar-refractivity contribution in [2.45, 2.75) is 20.8 Å². The zero-order chi connectivity index (χ0) is 23.9. The van der Waals surface area contributed by atoms with Crippen LogP contribution in [-0.4, -0.2) is 18.9 Å². The standard InChI is InChI=1S/C26H22F2N2O3/c1-14-5-10-22(33-4)20(11-14)29-24-23(17-7-6-15(2)16(3)12-17)25(31)30(26(24)32)21-13-18(27)8-9-19(21)28/h5-13,29H,1-4H3. The Kier molecular flexibility index (Phi) is 5.72. The predicted octanol–water partition coefficient (Wildman–Crippen LogP) is 5.30. The molecule has 0 saturated heterocycles. The van der Waals surface area contributed by atoms with Gasteiger partial charge in [-0.3, -0.25) is 9.59 Å². The van der Waals surface area contributed by atoms with Crippen molar-refractivity contribution in [1.29, 1.82) is 0 Å². The summed E-state index contributed by atoms with van der Waals surface area (Å²) in [5, 5.41) is 3.02. The monoisotopic (exact) mass is 448 g/mol. The molecular formula is C26H22F2N2O3. The molecule has 1 N–H and O–H groups in total. The minimum atomic E-state index is -0.882. The minimum absolute atomic E-state index is 0.0455. The summed E-state index contributed by atoms with van der Waals surface area (Å²) in [7, 11) is 1.49. The number of aryl methyl sites for hydroxylation is 3. The van der Waals surface area contributed by atoms with Crippen LogP contribution in [0.25, 0.3) is 5.57 Å². The van der Waals surface area contributed by atoms with Crippen molar-refractivity contribution in [3.8, 4) is 5.75 Å². The van der Waals surface area contributed by atoms with Crippen LogP contribution in [0.3, 0.4) is 0 Å². The van der Waals surface area contributed by atoms with Gasteiger partial charge in [0.1, 0.15) is 23.1 Å². The molecule has 0 spiro atoms. The van der Waals surface area contributed by atoms with Gasteiger partial charge in [0.05, 0.1) is 24.1 Å². The van der Waals surface area contributed by atoms with Gasteiger partial charge in [0.25, 0.3) is 11.8 Å².